The van der Waals surface area contributed by atoms with E-state index < -0.39 is 0 Å². The molecular formula is C19H29N3O2. The number of phenolic OH excluding ortho intramolecular Hbond substituents is 1. The lowest BCUT2D eigenvalue weighted by Crippen LogP contribution is -2.44. The number of aliphatic imine (C=N–C) groups is 1. The van der Waals surface area contributed by atoms with Gasteiger partial charge in [-0.15, -0.1) is 0 Å². The van der Waals surface area contributed by atoms with E-state index in [4.69, 9.17) is 9.73 Å². The molecule has 3 N–H and O–H groups in total. The molecule has 1 saturated heterocycles. The van der Waals surface area contributed by atoms with Crippen LogP contribution in [-0.4, -0.2) is 36.4 Å². The van der Waals surface area contributed by atoms with E-state index in [1.807, 2.05) is 12.1 Å². The van der Waals surface area contributed by atoms with E-state index >= 15 is 0 Å². The molecule has 24 heavy (non-hydrogen) atoms. The van der Waals surface area contributed by atoms with Crippen molar-refractivity contribution in [3.05, 3.63) is 24.3 Å². The second-order valence-corrected chi connectivity index (χ2v) is 7.01. The van der Waals surface area contributed by atoms with E-state index in [1.54, 1.807) is 12.1 Å². The molecule has 3 atom stereocenters. The van der Waals surface area contributed by atoms with Gasteiger partial charge in [0.2, 0.25) is 0 Å². The Hall–Kier alpha value is -1.75. The van der Waals surface area contributed by atoms with E-state index in [9.17, 15) is 5.11 Å². The van der Waals surface area contributed by atoms with Gasteiger partial charge in [0.1, 0.15) is 5.75 Å². The highest BCUT2D eigenvalue weighted by Gasteiger charge is 2.22. The molecule has 0 radical (unpaired) electrons. The third-order valence-electron chi connectivity index (χ3n) is 5.02. The molecule has 0 amide bonds. The first-order valence-electron chi connectivity index (χ1n) is 9.19. The molecule has 2 fully saturated rings. The van der Waals surface area contributed by atoms with Crippen LogP contribution in [0.25, 0.3) is 0 Å². The molecule has 0 aromatic heterocycles. The number of hydrogen-bond donors (Lipinski definition) is 3. The zero-order valence-electron chi connectivity index (χ0n) is 14.5. The quantitative estimate of drug-likeness (QED) is 0.583. The lowest BCUT2D eigenvalue weighted by Gasteiger charge is -2.31. The Kier molecular flexibility index (Phi) is 5.96. The number of aromatic hydroxyl groups is 1. The van der Waals surface area contributed by atoms with Crippen LogP contribution in [0.5, 0.6) is 5.75 Å². The minimum atomic E-state index is 0.233. The van der Waals surface area contributed by atoms with E-state index in [-0.39, 0.29) is 11.9 Å². The summed E-state index contributed by atoms with van der Waals surface area (Å²) in [5, 5.41) is 16.6. The maximum Gasteiger partial charge on any atom is 0.196 e. The van der Waals surface area contributed by atoms with E-state index in [1.165, 1.54) is 25.7 Å². The summed E-state index contributed by atoms with van der Waals surface area (Å²) in [6.45, 7) is 3.83. The average molecular weight is 331 g/mol. The van der Waals surface area contributed by atoms with E-state index in [2.05, 4.69) is 17.6 Å². The molecule has 1 saturated carbocycles. The molecule has 5 nitrogen and oxygen atoms in total. The van der Waals surface area contributed by atoms with Gasteiger partial charge in [0.05, 0.1) is 12.6 Å². The van der Waals surface area contributed by atoms with Gasteiger partial charge in [0.15, 0.2) is 5.96 Å². The summed E-state index contributed by atoms with van der Waals surface area (Å²) >= 11 is 0. The Labute approximate surface area is 144 Å². The highest BCUT2D eigenvalue weighted by atomic mass is 16.5. The second-order valence-electron chi connectivity index (χ2n) is 7.01. The smallest absolute Gasteiger partial charge is 0.196 e. The number of ether oxygens (including phenoxy) is 1. The van der Waals surface area contributed by atoms with Crippen molar-refractivity contribution in [3.8, 4) is 5.75 Å². The Morgan fingerprint density at radius 2 is 2.12 bits per heavy atom. The predicted molar refractivity (Wildman–Crippen MR) is 97.6 cm³/mol. The number of nitrogens with zero attached hydrogens (tertiary/aromatic N) is 1. The number of guanidine groups is 1. The summed E-state index contributed by atoms with van der Waals surface area (Å²) in [6, 6.07) is 7.61. The van der Waals surface area contributed by atoms with Crippen LogP contribution >= 0.6 is 0 Å². The van der Waals surface area contributed by atoms with Gasteiger partial charge in [0.25, 0.3) is 0 Å². The van der Waals surface area contributed by atoms with Crippen molar-refractivity contribution in [1.29, 1.82) is 0 Å². The predicted octanol–water partition coefficient (Wildman–Crippen LogP) is 3.51. The van der Waals surface area contributed by atoms with Crippen molar-refractivity contribution in [2.45, 2.75) is 57.6 Å². The minimum Gasteiger partial charge on any atom is -0.508 e. The van der Waals surface area contributed by atoms with Crippen molar-refractivity contribution in [2.24, 2.45) is 10.9 Å². The van der Waals surface area contributed by atoms with Crippen LogP contribution in [0.2, 0.25) is 0 Å². The molecule has 1 aliphatic carbocycles. The number of anilines is 1. The van der Waals surface area contributed by atoms with Crippen molar-refractivity contribution in [1.82, 2.24) is 5.32 Å². The van der Waals surface area contributed by atoms with Crippen LogP contribution in [0.15, 0.2) is 29.3 Å². The standard InChI is InChI=1S/C19H29N3O2/c1-14-6-2-3-10-18(14)22-19(20-13-17-9-5-11-24-17)21-15-7-4-8-16(23)12-15/h4,7-8,12,14,17-18,23H,2-3,5-6,9-11,13H2,1H3,(H2,20,21,22). The van der Waals surface area contributed by atoms with Gasteiger partial charge in [-0.3, -0.25) is 4.99 Å². The van der Waals surface area contributed by atoms with Crippen LogP contribution < -0.4 is 10.6 Å². The summed E-state index contributed by atoms with van der Waals surface area (Å²) in [7, 11) is 0. The maximum atomic E-state index is 9.67. The lowest BCUT2D eigenvalue weighted by molar-refractivity contribution is 0.117. The minimum absolute atomic E-state index is 0.233. The van der Waals surface area contributed by atoms with Crippen molar-refractivity contribution in [3.63, 3.8) is 0 Å². The van der Waals surface area contributed by atoms with Crippen molar-refractivity contribution >= 4 is 11.6 Å². The number of phenols is 1. The Morgan fingerprint density at radius 3 is 2.88 bits per heavy atom. The van der Waals surface area contributed by atoms with Crippen molar-refractivity contribution in [2.75, 3.05) is 18.5 Å². The molecule has 5 heteroatoms. The van der Waals surface area contributed by atoms with Gasteiger partial charge in [-0.1, -0.05) is 25.8 Å². The summed E-state index contributed by atoms with van der Waals surface area (Å²) in [5.41, 5.74) is 0.844. The fraction of sp³-hybridized carbons (Fsp3) is 0.632. The third-order valence-corrected chi connectivity index (χ3v) is 5.02. The van der Waals surface area contributed by atoms with Crippen LogP contribution in [0.3, 0.4) is 0 Å². The summed E-state index contributed by atoms with van der Waals surface area (Å²) < 4.78 is 5.68. The molecule has 0 spiro atoms. The first-order valence-corrected chi connectivity index (χ1v) is 9.19. The first kappa shape index (κ1) is 17.1. The average Bonchev–Trinajstić information content (AvgIpc) is 3.08. The van der Waals surface area contributed by atoms with Crippen molar-refractivity contribution < 1.29 is 9.84 Å². The van der Waals surface area contributed by atoms with Gasteiger partial charge < -0.3 is 20.5 Å². The second kappa shape index (κ2) is 8.38. The maximum absolute atomic E-state index is 9.67. The molecule has 132 valence electrons. The van der Waals surface area contributed by atoms with Gasteiger partial charge >= 0.3 is 0 Å². The molecule has 0 bridgehead atoms. The molecular weight excluding hydrogens is 302 g/mol. The zero-order valence-corrected chi connectivity index (χ0v) is 14.5. The van der Waals surface area contributed by atoms with E-state index in [0.29, 0.717) is 18.5 Å². The van der Waals surface area contributed by atoms with Gasteiger partial charge in [-0.25, -0.2) is 0 Å². The van der Waals surface area contributed by atoms with Gasteiger partial charge in [-0.2, -0.15) is 0 Å². The highest BCUT2D eigenvalue weighted by Crippen LogP contribution is 2.24. The Morgan fingerprint density at radius 1 is 1.25 bits per heavy atom. The molecule has 3 unspecified atom stereocenters. The zero-order chi connectivity index (χ0) is 16.8. The van der Waals surface area contributed by atoms with Crippen LogP contribution in [-0.2, 0) is 4.74 Å². The largest absolute Gasteiger partial charge is 0.508 e. The molecule has 1 aromatic carbocycles. The topological polar surface area (TPSA) is 65.9 Å². The Balaban J connectivity index is 1.68. The van der Waals surface area contributed by atoms with Gasteiger partial charge in [0, 0.05) is 24.4 Å². The highest BCUT2D eigenvalue weighted by molar-refractivity contribution is 5.94. The molecule has 1 heterocycles. The fourth-order valence-electron chi connectivity index (χ4n) is 3.53. The van der Waals surface area contributed by atoms with Crippen LogP contribution in [0.1, 0.15) is 45.4 Å². The summed E-state index contributed by atoms with van der Waals surface area (Å²) in [6.07, 6.45) is 7.49. The fourth-order valence-corrected chi connectivity index (χ4v) is 3.53. The number of rotatable bonds is 4. The number of hydrogen-bond acceptors (Lipinski definition) is 3. The molecule has 3 rings (SSSR count). The normalized spacial score (nSPS) is 27.9. The summed E-state index contributed by atoms with van der Waals surface area (Å²) in [4.78, 5) is 4.75. The Bertz CT molecular complexity index is 555. The monoisotopic (exact) mass is 331 g/mol. The third kappa shape index (κ3) is 4.87. The molecule has 2 aliphatic rings. The van der Waals surface area contributed by atoms with Crippen LogP contribution in [0, 0.1) is 5.92 Å². The molecule has 1 aromatic rings. The lowest BCUT2D eigenvalue weighted by atomic mass is 9.86. The first-order chi connectivity index (χ1) is 11.7. The van der Waals surface area contributed by atoms with Gasteiger partial charge in [-0.05, 0) is 43.7 Å². The molecule has 1 aliphatic heterocycles. The SMILES string of the molecule is CC1CCCCC1NC(=NCC1CCCO1)Nc1cccc(O)c1. The van der Waals surface area contributed by atoms with E-state index in [0.717, 1.165) is 31.1 Å². The summed E-state index contributed by atoms with van der Waals surface area (Å²) in [5.74, 6) is 1.69. The number of benzene rings is 1. The number of nitrogens with one attached hydrogen (secondary N) is 2. The van der Waals surface area contributed by atoms with Crippen LogP contribution in [0.4, 0.5) is 5.69 Å².